The fraction of sp³-hybridized carbons (Fsp3) is 0.309. The summed E-state index contributed by atoms with van der Waals surface area (Å²) in [5, 5.41) is 1.11. The van der Waals surface area contributed by atoms with Gasteiger partial charge in [-0.15, -0.1) is 0 Å². The van der Waals surface area contributed by atoms with Crippen LogP contribution in [0.2, 0.25) is 0 Å². The standard InChI is InChI=1S/C55H57BN2O/c1-34-29-46-49-47(30-34)58(44-20-16-15-19-39(44)35-17-13-12-14-18-35)45-26-23-37(53(5,6)7)31-43(45)56(49)51-50(57(46)38-24-21-36(22-25-38)52(2,3)4)40-32-41-42(33-48(40)59-51)55(10,11)28-27-54(41,8)9/h12-26,29-33H,27-28H2,1-11H3/i12D,13D,14D,17D,18D. The number of aryl methyl sites for hydroxylation is 1. The maximum atomic E-state index is 9.12. The second-order valence-corrected chi connectivity index (χ2v) is 20.6. The molecular formula is C55H57BN2O. The zero-order valence-corrected chi connectivity index (χ0v) is 36.5. The summed E-state index contributed by atoms with van der Waals surface area (Å²) < 4.78 is 51.4. The van der Waals surface area contributed by atoms with E-state index in [4.69, 9.17) is 11.3 Å². The van der Waals surface area contributed by atoms with Crippen LogP contribution in [0.4, 0.5) is 34.1 Å². The third-order valence-electron chi connectivity index (χ3n) is 13.5. The lowest BCUT2D eigenvalue weighted by molar-refractivity contribution is 0.332. The van der Waals surface area contributed by atoms with Crippen LogP contribution in [0.5, 0.6) is 0 Å². The number of anilines is 6. The van der Waals surface area contributed by atoms with Crippen molar-refractivity contribution in [3.05, 3.63) is 149 Å². The summed E-state index contributed by atoms with van der Waals surface area (Å²) in [5.41, 5.74) is 16.6. The summed E-state index contributed by atoms with van der Waals surface area (Å²) in [4.78, 5) is 4.69. The van der Waals surface area contributed by atoms with Crippen molar-refractivity contribution in [3.8, 4) is 11.1 Å². The Morgan fingerprint density at radius 1 is 0.644 bits per heavy atom. The van der Waals surface area contributed by atoms with Crippen LogP contribution in [0.15, 0.2) is 126 Å². The molecule has 0 saturated heterocycles. The Hall–Kier alpha value is -5.48. The Kier molecular flexibility index (Phi) is 7.01. The van der Waals surface area contributed by atoms with E-state index < -0.39 is 6.04 Å². The summed E-state index contributed by atoms with van der Waals surface area (Å²) in [5.74, 6) is 0. The van der Waals surface area contributed by atoms with Crippen molar-refractivity contribution in [1.82, 2.24) is 0 Å². The van der Waals surface area contributed by atoms with Gasteiger partial charge in [0.2, 0.25) is 0 Å². The van der Waals surface area contributed by atoms with Crippen molar-refractivity contribution in [2.45, 2.75) is 111 Å². The fourth-order valence-electron chi connectivity index (χ4n) is 10.1. The van der Waals surface area contributed by atoms with Gasteiger partial charge in [0.05, 0.1) is 23.9 Å². The first-order chi connectivity index (χ1) is 30.0. The van der Waals surface area contributed by atoms with Gasteiger partial charge in [-0.3, -0.25) is 0 Å². The number of nitrogens with zero attached hydrogens (tertiary/aromatic N) is 2. The van der Waals surface area contributed by atoms with Crippen LogP contribution in [0, 0.1) is 6.92 Å². The molecule has 0 unspecified atom stereocenters. The zero-order valence-electron chi connectivity index (χ0n) is 41.5. The van der Waals surface area contributed by atoms with E-state index in [2.05, 4.69) is 153 Å². The first-order valence-corrected chi connectivity index (χ1v) is 21.3. The van der Waals surface area contributed by atoms with E-state index in [9.17, 15) is 0 Å². The molecule has 296 valence electrons. The van der Waals surface area contributed by atoms with E-state index in [1.807, 2.05) is 24.3 Å². The van der Waals surface area contributed by atoms with E-state index in [1.165, 1.54) is 22.3 Å². The Bertz CT molecular complexity index is 3090. The zero-order chi connectivity index (χ0) is 45.7. The highest BCUT2D eigenvalue weighted by Gasteiger charge is 2.48. The van der Waals surface area contributed by atoms with E-state index in [-0.39, 0.29) is 58.1 Å². The summed E-state index contributed by atoms with van der Waals surface area (Å²) >= 11 is 0. The largest absolute Gasteiger partial charge is 0.468 e. The molecule has 0 atom stereocenters. The van der Waals surface area contributed by atoms with Gasteiger partial charge in [-0.2, -0.15) is 0 Å². The fourth-order valence-corrected chi connectivity index (χ4v) is 10.1. The first-order valence-electron chi connectivity index (χ1n) is 23.8. The molecule has 10 rings (SSSR count). The quantitative estimate of drug-likeness (QED) is 0.167. The molecule has 0 fully saturated rings. The smallest absolute Gasteiger partial charge is 0.297 e. The van der Waals surface area contributed by atoms with Crippen molar-refractivity contribution < 1.29 is 11.3 Å². The van der Waals surface area contributed by atoms with E-state index in [0.717, 1.165) is 80.1 Å². The van der Waals surface area contributed by atoms with Crippen molar-refractivity contribution >= 4 is 68.4 Å². The highest BCUT2D eigenvalue weighted by Crippen LogP contribution is 2.52. The Morgan fingerprint density at radius 3 is 1.92 bits per heavy atom. The molecule has 3 aliphatic rings. The van der Waals surface area contributed by atoms with Gasteiger partial charge >= 0.3 is 0 Å². The second-order valence-electron chi connectivity index (χ2n) is 20.6. The molecule has 6 aromatic carbocycles. The highest BCUT2D eigenvalue weighted by molar-refractivity contribution is 7.00. The molecule has 59 heavy (non-hydrogen) atoms. The average molecular weight is 778 g/mol. The lowest BCUT2D eigenvalue weighted by Crippen LogP contribution is -2.61. The van der Waals surface area contributed by atoms with Crippen LogP contribution in [-0.2, 0) is 21.7 Å². The summed E-state index contributed by atoms with van der Waals surface area (Å²) in [7, 11) is 0. The second kappa shape index (κ2) is 12.8. The number of benzene rings is 6. The average Bonchev–Trinajstić information content (AvgIpc) is 3.61. The molecule has 0 bridgehead atoms. The van der Waals surface area contributed by atoms with E-state index in [1.54, 1.807) is 0 Å². The number of rotatable bonds is 3. The minimum atomic E-state index is -0.407. The van der Waals surface area contributed by atoms with Crippen molar-refractivity contribution in [1.29, 1.82) is 0 Å². The van der Waals surface area contributed by atoms with Crippen molar-refractivity contribution in [3.63, 3.8) is 0 Å². The van der Waals surface area contributed by atoms with Gasteiger partial charge in [0.1, 0.15) is 5.58 Å². The van der Waals surface area contributed by atoms with Gasteiger partial charge in [0.25, 0.3) is 6.71 Å². The van der Waals surface area contributed by atoms with Gasteiger partial charge in [0, 0.05) is 33.7 Å². The molecule has 3 nitrogen and oxygen atoms in total. The molecule has 4 heteroatoms. The maximum absolute atomic E-state index is 9.12. The first kappa shape index (κ1) is 32.4. The van der Waals surface area contributed by atoms with Crippen LogP contribution in [-0.4, -0.2) is 6.71 Å². The SMILES string of the molecule is [2H]c1c([2H])c([2H])c(-c2ccccc2N2c3ccc(C(C)(C)C)cc3B3c4oc5cc6c(cc5c4N(c4ccc(C(C)(C)C)cc4)c4cc(C)cc2c43)C(C)(C)CCC6(C)C)c([2H])c1[2H]. The van der Waals surface area contributed by atoms with Crippen molar-refractivity contribution in [2.75, 3.05) is 9.80 Å². The van der Waals surface area contributed by atoms with Gasteiger partial charge in [-0.05, 0) is 134 Å². The maximum Gasteiger partial charge on any atom is 0.297 e. The van der Waals surface area contributed by atoms with Crippen LogP contribution in [0.3, 0.4) is 0 Å². The molecule has 1 aliphatic carbocycles. The summed E-state index contributed by atoms with van der Waals surface area (Å²) in [6.07, 6.45) is 2.21. The van der Waals surface area contributed by atoms with E-state index >= 15 is 0 Å². The number of furan rings is 1. The monoisotopic (exact) mass is 777 g/mol. The number of hydrogen-bond acceptors (Lipinski definition) is 3. The van der Waals surface area contributed by atoms with Crippen LogP contribution in [0.25, 0.3) is 22.1 Å². The predicted molar refractivity (Wildman–Crippen MR) is 253 cm³/mol. The lowest BCUT2D eigenvalue weighted by Gasteiger charge is -2.43. The van der Waals surface area contributed by atoms with Crippen LogP contribution < -0.4 is 26.4 Å². The highest BCUT2D eigenvalue weighted by atomic mass is 16.3. The van der Waals surface area contributed by atoms with E-state index in [0.29, 0.717) is 5.56 Å². The molecule has 0 spiro atoms. The van der Waals surface area contributed by atoms with Gasteiger partial charge < -0.3 is 14.2 Å². The Balaban J connectivity index is 1.34. The normalized spacial score (nSPS) is 17.6. The molecular weight excluding hydrogens is 715 g/mol. The molecule has 0 N–H and O–H groups in total. The third kappa shape index (κ3) is 5.84. The van der Waals surface area contributed by atoms with Gasteiger partial charge in [-0.25, -0.2) is 0 Å². The van der Waals surface area contributed by atoms with Gasteiger partial charge in [0.15, 0.2) is 0 Å². The third-order valence-corrected chi connectivity index (χ3v) is 13.5. The molecule has 1 aromatic heterocycles. The van der Waals surface area contributed by atoms with Crippen LogP contribution >= 0.6 is 0 Å². The molecule has 2 aliphatic heterocycles. The topological polar surface area (TPSA) is 19.6 Å². The molecule has 0 saturated carbocycles. The molecule has 3 heterocycles. The van der Waals surface area contributed by atoms with Crippen LogP contribution in [0.1, 0.15) is 117 Å². The van der Waals surface area contributed by atoms with Gasteiger partial charge in [-0.1, -0.05) is 142 Å². The summed E-state index contributed by atoms with van der Waals surface area (Å²) in [6, 6.07) is 31.3. The Morgan fingerprint density at radius 2 is 1.25 bits per heavy atom. The minimum absolute atomic E-state index is 0.00469. The molecule has 0 amide bonds. The Labute approximate surface area is 359 Å². The van der Waals surface area contributed by atoms with Crippen molar-refractivity contribution in [2.24, 2.45) is 0 Å². The lowest BCUT2D eigenvalue weighted by atomic mass is 9.35. The summed E-state index contributed by atoms with van der Waals surface area (Å²) in [6.45, 7) is 24.9. The number of para-hydroxylation sites is 1. The number of fused-ring (bicyclic) bond motifs is 7. The molecule has 7 aromatic rings. The predicted octanol–water partition coefficient (Wildman–Crippen LogP) is 13.4. The minimum Gasteiger partial charge on any atom is -0.468 e. The number of hydrogen-bond donors (Lipinski definition) is 0. The molecule has 0 radical (unpaired) electrons.